The van der Waals surface area contributed by atoms with E-state index in [1.165, 1.54) is 12.1 Å². The fourth-order valence-electron chi connectivity index (χ4n) is 3.00. The van der Waals surface area contributed by atoms with Crippen molar-refractivity contribution in [3.8, 4) is 17.2 Å². The zero-order valence-electron chi connectivity index (χ0n) is 17.4. The Morgan fingerprint density at radius 1 is 0.879 bits per heavy atom. The Morgan fingerprint density at radius 3 is 2.27 bits per heavy atom. The minimum Gasteiger partial charge on any atom is -0.488 e. The molecule has 0 fully saturated rings. The zero-order chi connectivity index (χ0) is 23.0. The van der Waals surface area contributed by atoms with Gasteiger partial charge in [0.15, 0.2) is 0 Å². The van der Waals surface area contributed by atoms with Crippen molar-refractivity contribution in [1.82, 2.24) is 0 Å². The van der Waals surface area contributed by atoms with Gasteiger partial charge in [0.05, 0.1) is 10.6 Å². The van der Waals surface area contributed by atoms with Gasteiger partial charge in [-0.15, -0.1) is 0 Å². The zero-order valence-corrected chi connectivity index (χ0v) is 18.2. The van der Waals surface area contributed by atoms with Crippen LogP contribution in [0.4, 0.5) is 11.4 Å². The quantitative estimate of drug-likeness (QED) is 0.157. The third kappa shape index (κ3) is 6.18. The van der Waals surface area contributed by atoms with E-state index in [4.69, 9.17) is 21.1 Å². The Hall–Kier alpha value is -4.16. The topological polar surface area (TPSA) is 74.0 Å². The number of ether oxygens (including phenoxy) is 2. The summed E-state index contributed by atoms with van der Waals surface area (Å²) in [5.41, 5.74) is 2.32. The van der Waals surface area contributed by atoms with Gasteiger partial charge in [-0.2, -0.15) is 0 Å². The van der Waals surface area contributed by atoms with Crippen molar-refractivity contribution in [3.63, 3.8) is 0 Å². The van der Waals surface area contributed by atoms with Crippen molar-refractivity contribution in [3.05, 3.63) is 123 Å². The van der Waals surface area contributed by atoms with E-state index in [1.807, 2.05) is 54.6 Å². The number of aliphatic imine (C=N–C) groups is 1. The van der Waals surface area contributed by atoms with Gasteiger partial charge in [-0.3, -0.25) is 15.1 Å². The first-order valence-corrected chi connectivity index (χ1v) is 10.5. The van der Waals surface area contributed by atoms with E-state index in [-0.39, 0.29) is 12.3 Å². The molecule has 164 valence electrons. The van der Waals surface area contributed by atoms with E-state index in [0.29, 0.717) is 16.3 Å². The highest BCUT2D eigenvalue weighted by Gasteiger charge is 2.07. The average molecular weight is 459 g/mol. The molecule has 6 nitrogen and oxygen atoms in total. The summed E-state index contributed by atoms with van der Waals surface area (Å²) >= 11 is 6.16. The molecule has 4 aromatic carbocycles. The van der Waals surface area contributed by atoms with Crippen LogP contribution in [0.1, 0.15) is 11.1 Å². The standard InChI is InChI=1S/C26H19ClN2O4/c27-21-8-15-26(32-18-19-6-11-23(12-7-19)29(30)31)20(16-21)17-28-22-9-13-25(14-10-22)33-24-4-2-1-3-5-24/h1-17H,18H2. The summed E-state index contributed by atoms with van der Waals surface area (Å²) in [7, 11) is 0. The lowest BCUT2D eigenvalue weighted by molar-refractivity contribution is -0.384. The van der Waals surface area contributed by atoms with E-state index < -0.39 is 4.92 Å². The molecule has 0 bridgehead atoms. The maximum atomic E-state index is 10.8. The van der Waals surface area contributed by atoms with Gasteiger partial charge in [-0.1, -0.05) is 29.8 Å². The van der Waals surface area contributed by atoms with E-state index in [9.17, 15) is 10.1 Å². The smallest absolute Gasteiger partial charge is 0.269 e. The Morgan fingerprint density at radius 2 is 1.58 bits per heavy atom. The molecule has 0 N–H and O–H groups in total. The van der Waals surface area contributed by atoms with Crippen molar-refractivity contribution >= 4 is 29.2 Å². The van der Waals surface area contributed by atoms with E-state index >= 15 is 0 Å². The molecular formula is C26H19ClN2O4. The second-order valence-electron chi connectivity index (χ2n) is 7.06. The molecule has 0 unspecified atom stereocenters. The number of rotatable bonds is 8. The van der Waals surface area contributed by atoms with Crippen molar-refractivity contribution in [2.75, 3.05) is 0 Å². The molecule has 0 radical (unpaired) electrons. The summed E-state index contributed by atoms with van der Waals surface area (Å²) in [5.74, 6) is 2.09. The van der Waals surface area contributed by atoms with Crippen LogP contribution >= 0.6 is 11.6 Å². The van der Waals surface area contributed by atoms with Crippen LogP contribution < -0.4 is 9.47 Å². The highest BCUT2D eigenvalue weighted by molar-refractivity contribution is 6.30. The lowest BCUT2D eigenvalue weighted by Crippen LogP contribution is -1.99. The molecule has 0 aliphatic carbocycles. The van der Waals surface area contributed by atoms with Gasteiger partial charge >= 0.3 is 0 Å². The number of halogens is 1. The highest BCUT2D eigenvalue weighted by atomic mass is 35.5. The molecule has 4 rings (SSSR count). The summed E-state index contributed by atoms with van der Waals surface area (Å²) in [6, 6.07) is 28.5. The molecular weight excluding hydrogens is 440 g/mol. The van der Waals surface area contributed by atoms with Crippen LogP contribution in [0.25, 0.3) is 0 Å². The lowest BCUT2D eigenvalue weighted by atomic mass is 10.2. The van der Waals surface area contributed by atoms with Gasteiger partial charge in [0.1, 0.15) is 23.9 Å². The maximum absolute atomic E-state index is 10.8. The molecule has 0 saturated heterocycles. The summed E-state index contributed by atoms with van der Waals surface area (Å²) in [4.78, 5) is 14.9. The van der Waals surface area contributed by atoms with Crippen LogP contribution in [0.5, 0.6) is 17.2 Å². The van der Waals surface area contributed by atoms with Crippen LogP contribution in [0.15, 0.2) is 102 Å². The minimum absolute atomic E-state index is 0.0400. The SMILES string of the molecule is O=[N+]([O-])c1ccc(COc2ccc(Cl)cc2C=Nc2ccc(Oc3ccccc3)cc2)cc1. The maximum Gasteiger partial charge on any atom is 0.269 e. The number of nitrogens with zero attached hydrogens (tertiary/aromatic N) is 2. The second kappa shape index (κ2) is 10.4. The molecule has 0 amide bonds. The number of nitro groups is 1. The van der Waals surface area contributed by atoms with Crippen molar-refractivity contribution < 1.29 is 14.4 Å². The predicted octanol–water partition coefficient (Wildman–Crippen LogP) is 7.37. The van der Waals surface area contributed by atoms with Crippen LogP contribution in [0.3, 0.4) is 0 Å². The predicted molar refractivity (Wildman–Crippen MR) is 129 cm³/mol. The fraction of sp³-hybridized carbons (Fsp3) is 0.0385. The Bertz CT molecular complexity index is 1260. The van der Waals surface area contributed by atoms with Crippen molar-refractivity contribution in [2.45, 2.75) is 6.61 Å². The van der Waals surface area contributed by atoms with Gasteiger partial charge in [-0.05, 0) is 72.3 Å². The third-order valence-corrected chi connectivity index (χ3v) is 4.92. The van der Waals surface area contributed by atoms with Gasteiger partial charge < -0.3 is 9.47 Å². The Balaban J connectivity index is 1.44. The van der Waals surface area contributed by atoms with Crippen LogP contribution in [-0.4, -0.2) is 11.1 Å². The van der Waals surface area contributed by atoms with E-state index in [0.717, 1.165) is 22.7 Å². The number of nitro benzene ring substituents is 1. The van der Waals surface area contributed by atoms with Gasteiger partial charge in [0.25, 0.3) is 5.69 Å². The molecule has 7 heteroatoms. The first-order chi connectivity index (χ1) is 16.1. The van der Waals surface area contributed by atoms with Gasteiger partial charge in [0, 0.05) is 28.9 Å². The molecule has 4 aromatic rings. The average Bonchev–Trinajstić information content (AvgIpc) is 2.84. The number of para-hydroxylation sites is 1. The summed E-state index contributed by atoms with van der Waals surface area (Å²) in [6.45, 7) is 0.256. The molecule has 0 atom stereocenters. The molecule has 33 heavy (non-hydrogen) atoms. The normalized spacial score (nSPS) is 10.8. The molecule has 0 heterocycles. The van der Waals surface area contributed by atoms with Gasteiger partial charge in [-0.25, -0.2) is 0 Å². The van der Waals surface area contributed by atoms with Crippen molar-refractivity contribution in [2.24, 2.45) is 4.99 Å². The highest BCUT2D eigenvalue weighted by Crippen LogP contribution is 2.26. The van der Waals surface area contributed by atoms with Crippen LogP contribution in [0.2, 0.25) is 5.02 Å². The third-order valence-electron chi connectivity index (χ3n) is 4.68. The Labute approximate surface area is 195 Å². The number of hydrogen-bond acceptors (Lipinski definition) is 5. The largest absolute Gasteiger partial charge is 0.488 e. The van der Waals surface area contributed by atoms with E-state index in [2.05, 4.69) is 4.99 Å². The minimum atomic E-state index is -0.432. The Kier molecular flexibility index (Phi) is 6.97. The van der Waals surface area contributed by atoms with Crippen molar-refractivity contribution in [1.29, 1.82) is 0 Å². The first-order valence-electron chi connectivity index (χ1n) is 10.1. The molecule has 0 spiro atoms. The number of benzene rings is 4. The second-order valence-corrected chi connectivity index (χ2v) is 7.50. The van der Waals surface area contributed by atoms with Crippen LogP contribution in [-0.2, 0) is 6.61 Å². The first kappa shape index (κ1) is 22.0. The number of hydrogen-bond donors (Lipinski definition) is 0. The summed E-state index contributed by atoms with van der Waals surface area (Å²) in [5, 5.41) is 11.4. The molecule has 0 aliphatic heterocycles. The lowest BCUT2D eigenvalue weighted by Gasteiger charge is -2.10. The monoisotopic (exact) mass is 458 g/mol. The number of non-ortho nitro benzene ring substituents is 1. The van der Waals surface area contributed by atoms with E-state index in [1.54, 1.807) is 36.5 Å². The fourth-order valence-corrected chi connectivity index (χ4v) is 3.18. The summed E-state index contributed by atoms with van der Waals surface area (Å²) < 4.78 is 11.7. The van der Waals surface area contributed by atoms with Crippen LogP contribution in [0, 0.1) is 10.1 Å². The molecule has 0 aliphatic rings. The summed E-state index contributed by atoms with van der Waals surface area (Å²) in [6.07, 6.45) is 1.68. The molecule has 0 aromatic heterocycles. The molecule has 0 saturated carbocycles. The van der Waals surface area contributed by atoms with Gasteiger partial charge in [0.2, 0.25) is 0 Å².